The lowest BCUT2D eigenvalue weighted by atomic mass is 9.98. The fourth-order valence-corrected chi connectivity index (χ4v) is 3.38. The normalized spacial score (nSPS) is 11.3. The van der Waals surface area contributed by atoms with Crippen molar-refractivity contribution in [2.45, 2.75) is 20.8 Å². The molecule has 0 saturated heterocycles. The van der Waals surface area contributed by atoms with Crippen molar-refractivity contribution in [1.29, 1.82) is 0 Å². The Balaban J connectivity index is 2.09. The van der Waals surface area contributed by atoms with Gasteiger partial charge < -0.3 is 0 Å². The largest absolute Gasteiger partial charge is 0.236 e. The number of benzene rings is 3. The SMILES string of the molecule is Cc1cc(C)cc(-c2ncnc3c2ccc2c(C)cccc23)c1. The topological polar surface area (TPSA) is 25.8 Å². The first kappa shape index (κ1) is 13.9. The average Bonchev–Trinajstić information content (AvgIpc) is 2.53. The predicted molar refractivity (Wildman–Crippen MR) is 96.7 cm³/mol. The van der Waals surface area contributed by atoms with Crippen LogP contribution in [0.4, 0.5) is 0 Å². The number of hydrogen-bond acceptors (Lipinski definition) is 2. The number of nitrogens with zero attached hydrogens (tertiary/aromatic N) is 2. The van der Waals surface area contributed by atoms with Crippen LogP contribution in [0.2, 0.25) is 0 Å². The maximum Gasteiger partial charge on any atom is 0.116 e. The fourth-order valence-electron chi connectivity index (χ4n) is 3.38. The molecule has 0 fully saturated rings. The molecule has 0 aliphatic rings. The van der Waals surface area contributed by atoms with Crippen LogP contribution >= 0.6 is 0 Å². The van der Waals surface area contributed by atoms with Crippen LogP contribution in [0, 0.1) is 20.8 Å². The van der Waals surface area contributed by atoms with E-state index in [1.165, 1.54) is 27.5 Å². The third kappa shape index (κ3) is 2.27. The van der Waals surface area contributed by atoms with Gasteiger partial charge in [-0.1, -0.05) is 41.5 Å². The summed E-state index contributed by atoms with van der Waals surface area (Å²) in [5.74, 6) is 0. The molecule has 0 aliphatic carbocycles. The summed E-state index contributed by atoms with van der Waals surface area (Å²) >= 11 is 0. The van der Waals surface area contributed by atoms with Crippen LogP contribution < -0.4 is 0 Å². The summed E-state index contributed by atoms with van der Waals surface area (Å²) in [6.07, 6.45) is 1.68. The Bertz CT molecular complexity index is 1030. The number of aryl methyl sites for hydroxylation is 3. The summed E-state index contributed by atoms with van der Waals surface area (Å²) in [4.78, 5) is 9.15. The van der Waals surface area contributed by atoms with Gasteiger partial charge in [0.2, 0.25) is 0 Å². The molecule has 0 unspecified atom stereocenters. The van der Waals surface area contributed by atoms with Crippen molar-refractivity contribution in [2.75, 3.05) is 0 Å². The Morgan fingerprint density at radius 2 is 1.43 bits per heavy atom. The van der Waals surface area contributed by atoms with Gasteiger partial charge >= 0.3 is 0 Å². The minimum atomic E-state index is 1.00. The third-order valence-corrected chi connectivity index (χ3v) is 4.37. The first-order valence-electron chi connectivity index (χ1n) is 7.85. The summed E-state index contributed by atoms with van der Waals surface area (Å²) in [5.41, 5.74) is 6.96. The molecular formula is C21H18N2. The molecule has 0 saturated carbocycles. The molecule has 2 heteroatoms. The Labute approximate surface area is 135 Å². The van der Waals surface area contributed by atoms with Gasteiger partial charge in [-0.05, 0) is 49.9 Å². The highest BCUT2D eigenvalue weighted by Gasteiger charge is 2.10. The lowest BCUT2D eigenvalue weighted by molar-refractivity contribution is 1.22. The number of hydrogen-bond donors (Lipinski definition) is 0. The lowest BCUT2D eigenvalue weighted by Gasteiger charge is -2.10. The highest BCUT2D eigenvalue weighted by atomic mass is 14.8. The van der Waals surface area contributed by atoms with Crippen LogP contribution in [0.25, 0.3) is 32.9 Å². The molecule has 4 aromatic rings. The quantitative estimate of drug-likeness (QED) is 0.441. The van der Waals surface area contributed by atoms with Crippen LogP contribution in [0.3, 0.4) is 0 Å². The molecule has 0 amide bonds. The molecule has 0 atom stereocenters. The molecule has 112 valence electrons. The molecule has 4 rings (SSSR count). The van der Waals surface area contributed by atoms with Crippen LogP contribution in [0.5, 0.6) is 0 Å². The maximum atomic E-state index is 4.58. The Hall–Kier alpha value is -2.74. The summed E-state index contributed by atoms with van der Waals surface area (Å²) < 4.78 is 0. The molecular weight excluding hydrogens is 280 g/mol. The second-order valence-corrected chi connectivity index (χ2v) is 6.23. The van der Waals surface area contributed by atoms with Crippen LogP contribution in [-0.4, -0.2) is 9.97 Å². The zero-order valence-electron chi connectivity index (χ0n) is 13.6. The van der Waals surface area contributed by atoms with E-state index in [1.807, 2.05) is 0 Å². The van der Waals surface area contributed by atoms with E-state index in [9.17, 15) is 0 Å². The smallest absolute Gasteiger partial charge is 0.116 e. The van der Waals surface area contributed by atoms with Crippen LogP contribution in [0.1, 0.15) is 16.7 Å². The van der Waals surface area contributed by atoms with E-state index in [2.05, 4.69) is 79.3 Å². The van der Waals surface area contributed by atoms with Gasteiger partial charge in [0.1, 0.15) is 6.33 Å². The molecule has 0 spiro atoms. The van der Waals surface area contributed by atoms with E-state index in [4.69, 9.17) is 0 Å². The molecule has 1 heterocycles. The van der Waals surface area contributed by atoms with Gasteiger partial charge in [-0.3, -0.25) is 0 Å². The highest BCUT2D eigenvalue weighted by molar-refractivity contribution is 6.09. The average molecular weight is 298 g/mol. The zero-order chi connectivity index (χ0) is 16.0. The Morgan fingerprint density at radius 1 is 0.696 bits per heavy atom. The highest BCUT2D eigenvalue weighted by Crippen LogP contribution is 2.32. The number of fused-ring (bicyclic) bond motifs is 3. The molecule has 0 aliphatic heterocycles. The Morgan fingerprint density at radius 3 is 2.22 bits per heavy atom. The van der Waals surface area contributed by atoms with Gasteiger partial charge in [0.15, 0.2) is 0 Å². The monoisotopic (exact) mass is 298 g/mol. The number of aromatic nitrogens is 2. The predicted octanol–water partition coefficient (Wildman–Crippen LogP) is 5.38. The van der Waals surface area contributed by atoms with Crippen molar-refractivity contribution in [3.8, 4) is 11.3 Å². The summed E-state index contributed by atoms with van der Waals surface area (Å²) in [6.45, 7) is 6.39. The first-order chi connectivity index (χ1) is 11.1. The second kappa shape index (κ2) is 5.17. The molecule has 23 heavy (non-hydrogen) atoms. The first-order valence-corrected chi connectivity index (χ1v) is 7.85. The van der Waals surface area contributed by atoms with E-state index >= 15 is 0 Å². The van der Waals surface area contributed by atoms with Gasteiger partial charge in [-0.2, -0.15) is 0 Å². The van der Waals surface area contributed by atoms with Gasteiger partial charge in [-0.25, -0.2) is 9.97 Å². The summed E-state index contributed by atoms with van der Waals surface area (Å²) in [7, 11) is 0. The van der Waals surface area contributed by atoms with Crippen molar-refractivity contribution < 1.29 is 0 Å². The molecule has 1 aromatic heterocycles. The van der Waals surface area contributed by atoms with Crippen molar-refractivity contribution in [3.63, 3.8) is 0 Å². The van der Waals surface area contributed by atoms with E-state index in [0.717, 1.165) is 22.2 Å². The molecule has 2 nitrogen and oxygen atoms in total. The molecule has 0 N–H and O–H groups in total. The van der Waals surface area contributed by atoms with Crippen molar-refractivity contribution in [1.82, 2.24) is 9.97 Å². The van der Waals surface area contributed by atoms with Gasteiger partial charge in [0.25, 0.3) is 0 Å². The van der Waals surface area contributed by atoms with Crippen molar-refractivity contribution in [2.24, 2.45) is 0 Å². The van der Waals surface area contributed by atoms with Gasteiger partial charge in [0, 0.05) is 16.3 Å². The maximum absolute atomic E-state index is 4.58. The van der Waals surface area contributed by atoms with Crippen molar-refractivity contribution >= 4 is 21.7 Å². The van der Waals surface area contributed by atoms with E-state index in [0.29, 0.717) is 0 Å². The van der Waals surface area contributed by atoms with Gasteiger partial charge in [0.05, 0.1) is 11.2 Å². The lowest BCUT2D eigenvalue weighted by Crippen LogP contribution is -1.92. The van der Waals surface area contributed by atoms with Gasteiger partial charge in [-0.15, -0.1) is 0 Å². The minimum Gasteiger partial charge on any atom is -0.236 e. The molecule has 0 bridgehead atoms. The fraction of sp³-hybridized carbons (Fsp3) is 0.143. The standard InChI is InChI=1S/C21H18N2/c1-13-9-14(2)11-16(10-13)20-19-8-7-17-15(3)5-4-6-18(17)21(19)23-12-22-20/h4-12H,1-3H3. The van der Waals surface area contributed by atoms with E-state index < -0.39 is 0 Å². The number of rotatable bonds is 1. The molecule has 0 radical (unpaired) electrons. The third-order valence-electron chi connectivity index (χ3n) is 4.37. The Kier molecular flexibility index (Phi) is 3.12. The summed E-state index contributed by atoms with van der Waals surface area (Å²) in [6, 6.07) is 17.3. The molecule has 3 aromatic carbocycles. The second-order valence-electron chi connectivity index (χ2n) is 6.23. The van der Waals surface area contributed by atoms with E-state index in [-0.39, 0.29) is 0 Å². The minimum absolute atomic E-state index is 1.00. The zero-order valence-corrected chi connectivity index (χ0v) is 13.6. The van der Waals surface area contributed by atoms with E-state index in [1.54, 1.807) is 6.33 Å². The van der Waals surface area contributed by atoms with Crippen molar-refractivity contribution in [3.05, 3.63) is 71.5 Å². The van der Waals surface area contributed by atoms with Crippen LogP contribution in [0.15, 0.2) is 54.9 Å². The summed E-state index contributed by atoms with van der Waals surface area (Å²) in [5, 5.41) is 3.55. The van der Waals surface area contributed by atoms with Crippen LogP contribution in [-0.2, 0) is 0 Å².